The maximum atomic E-state index is 13.9. The van der Waals surface area contributed by atoms with Crippen molar-refractivity contribution in [2.75, 3.05) is 16.8 Å². The minimum absolute atomic E-state index is 0.0285. The van der Waals surface area contributed by atoms with Crippen molar-refractivity contribution in [3.63, 3.8) is 0 Å². The van der Waals surface area contributed by atoms with Gasteiger partial charge in [-0.05, 0) is 52.1 Å². The second kappa shape index (κ2) is 4.42. The molecule has 1 N–H and O–H groups in total. The topological polar surface area (TPSA) is 32.3 Å². The van der Waals surface area contributed by atoms with Gasteiger partial charge in [0.1, 0.15) is 11.9 Å². The van der Waals surface area contributed by atoms with Crippen LogP contribution in [-0.4, -0.2) is 12.5 Å². The SMILES string of the molecule is O=C1Nc2cc(I)c(F)cc2N2CCc3sccc3C12. The van der Waals surface area contributed by atoms with E-state index in [1.807, 2.05) is 38.9 Å². The van der Waals surface area contributed by atoms with Crippen LogP contribution in [-0.2, 0) is 11.2 Å². The third-order valence-corrected chi connectivity index (χ3v) is 5.64. The van der Waals surface area contributed by atoms with Crippen molar-refractivity contribution in [2.45, 2.75) is 12.5 Å². The number of carbonyl (C=O) groups is 1. The fourth-order valence-corrected chi connectivity index (χ4v) is 4.30. The highest BCUT2D eigenvalue weighted by Crippen LogP contribution is 2.43. The highest BCUT2D eigenvalue weighted by Gasteiger charge is 2.38. The molecule has 4 rings (SSSR count). The van der Waals surface area contributed by atoms with Gasteiger partial charge in [0.2, 0.25) is 0 Å². The van der Waals surface area contributed by atoms with Crippen LogP contribution < -0.4 is 10.2 Å². The maximum Gasteiger partial charge on any atom is 0.251 e. The van der Waals surface area contributed by atoms with E-state index in [-0.39, 0.29) is 17.8 Å². The van der Waals surface area contributed by atoms with Crippen LogP contribution in [0.25, 0.3) is 0 Å². The molecule has 0 spiro atoms. The second-order valence-electron chi connectivity index (χ2n) is 4.92. The van der Waals surface area contributed by atoms with Gasteiger partial charge in [0.25, 0.3) is 5.91 Å². The Hall–Kier alpha value is -1.15. The van der Waals surface area contributed by atoms with Crippen molar-refractivity contribution >= 4 is 51.2 Å². The average Bonchev–Trinajstić information content (AvgIpc) is 2.89. The number of hydrogen-bond donors (Lipinski definition) is 1. The van der Waals surface area contributed by atoms with Gasteiger partial charge in [0, 0.05) is 17.5 Å². The summed E-state index contributed by atoms with van der Waals surface area (Å²) in [7, 11) is 0. The third-order valence-electron chi connectivity index (χ3n) is 3.82. The van der Waals surface area contributed by atoms with Gasteiger partial charge < -0.3 is 10.2 Å². The van der Waals surface area contributed by atoms with E-state index in [2.05, 4.69) is 5.32 Å². The lowest BCUT2D eigenvalue weighted by atomic mass is 9.95. The highest BCUT2D eigenvalue weighted by atomic mass is 127. The lowest BCUT2D eigenvalue weighted by Gasteiger charge is -2.41. The van der Waals surface area contributed by atoms with Crippen LogP contribution >= 0.6 is 33.9 Å². The largest absolute Gasteiger partial charge is 0.354 e. The first-order valence-corrected chi connectivity index (χ1v) is 8.24. The van der Waals surface area contributed by atoms with E-state index in [1.54, 1.807) is 17.4 Å². The monoisotopic (exact) mass is 400 g/mol. The van der Waals surface area contributed by atoms with Gasteiger partial charge in [0.05, 0.1) is 14.9 Å². The van der Waals surface area contributed by atoms with Crippen molar-refractivity contribution in [1.82, 2.24) is 0 Å². The molecule has 3 heterocycles. The van der Waals surface area contributed by atoms with E-state index < -0.39 is 0 Å². The number of amides is 1. The van der Waals surface area contributed by atoms with Crippen LogP contribution in [0.4, 0.5) is 15.8 Å². The molecule has 6 heteroatoms. The summed E-state index contributed by atoms with van der Waals surface area (Å²) >= 11 is 3.63. The van der Waals surface area contributed by atoms with Crippen LogP contribution in [0.5, 0.6) is 0 Å². The first-order chi connectivity index (χ1) is 9.65. The Balaban J connectivity index is 1.89. The number of benzene rings is 1. The minimum atomic E-state index is -0.322. The van der Waals surface area contributed by atoms with Gasteiger partial charge in [-0.3, -0.25) is 4.79 Å². The standard InChI is InChI=1S/C14H10FIN2OS/c15-8-5-11-10(6-9(8)16)17-14(19)13-7-2-4-20-12(7)1-3-18(11)13/h2,4-6,13H,1,3H2,(H,17,19). The van der Waals surface area contributed by atoms with E-state index in [0.717, 1.165) is 24.2 Å². The van der Waals surface area contributed by atoms with Gasteiger partial charge in [-0.15, -0.1) is 11.3 Å². The number of thiophene rings is 1. The molecule has 2 aromatic rings. The zero-order valence-corrected chi connectivity index (χ0v) is 13.3. The Morgan fingerprint density at radius 1 is 1.45 bits per heavy atom. The van der Waals surface area contributed by atoms with Gasteiger partial charge >= 0.3 is 0 Å². The first kappa shape index (κ1) is 12.6. The molecule has 1 unspecified atom stereocenters. The van der Waals surface area contributed by atoms with Crippen molar-refractivity contribution in [2.24, 2.45) is 0 Å². The number of nitrogens with zero attached hydrogens (tertiary/aromatic N) is 1. The average molecular weight is 400 g/mol. The Labute approximate surface area is 132 Å². The summed E-state index contributed by atoms with van der Waals surface area (Å²) in [6.07, 6.45) is 0.907. The lowest BCUT2D eigenvalue weighted by Crippen LogP contribution is -2.45. The predicted molar refractivity (Wildman–Crippen MR) is 85.9 cm³/mol. The van der Waals surface area contributed by atoms with Crippen molar-refractivity contribution in [3.8, 4) is 0 Å². The molecule has 1 amide bonds. The molecule has 0 saturated heterocycles. The number of halogens is 2. The number of hydrogen-bond acceptors (Lipinski definition) is 3. The fraction of sp³-hybridized carbons (Fsp3) is 0.214. The van der Waals surface area contributed by atoms with Crippen LogP contribution in [0.15, 0.2) is 23.6 Å². The van der Waals surface area contributed by atoms with Crippen molar-refractivity contribution in [3.05, 3.63) is 43.4 Å². The summed E-state index contributed by atoms with van der Waals surface area (Å²) in [4.78, 5) is 15.7. The second-order valence-corrected chi connectivity index (χ2v) is 7.08. The molecule has 2 aliphatic heterocycles. The van der Waals surface area contributed by atoms with E-state index >= 15 is 0 Å². The maximum absolute atomic E-state index is 13.9. The van der Waals surface area contributed by atoms with Crippen LogP contribution in [0.2, 0.25) is 0 Å². The number of rotatable bonds is 0. The van der Waals surface area contributed by atoms with Gasteiger partial charge in [-0.25, -0.2) is 4.39 Å². The first-order valence-electron chi connectivity index (χ1n) is 6.28. The Morgan fingerprint density at radius 3 is 3.15 bits per heavy atom. The molecule has 102 valence electrons. The molecular weight excluding hydrogens is 390 g/mol. The number of nitrogens with one attached hydrogen (secondary N) is 1. The smallest absolute Gasteiger partial charge is 0.251 e. The molecule has 0 fully saturated rings. The summed E-state index contributed by atoms with van der Waals surface area (Å²) < 4.78 is 14.4. The van der Waals surface area contributed by atoms with Gasteiger partial charge in [-0.1, -0.05) is 0 Å². The Bertz CT molecular complexity index is 730. The van der Waals surface area contributed by atoms with Gasteiger partial charge in [-0.2, -0.15) is 0 Å². The Kier molecular flexibility index (Phi) is 2.78. The molecule has 2 aliphatic rings. The highest BCUT2D eigenvalue weighted by molar-refractivity contribution is 14.1. The molecule has 0 aliphatic carbocycles. The molecule has 20 heavy (non-hydrogen) atoms. The summed E-state index contributed by atoms with van der Waals surface area (Å²) in [5, 5.41) is 4.93. The van der Waals surface area contributed by atoms with Gasteiger partial charge in [0.15, 0.2) is 0 Å². The van der Waals surface area contributed by atoms with Crippen LogP contribution in [0, 0.1) is 9.39 Å². The van der Waals surface area contributed by atoms with E-state index in [1.165, 1.54) is 10.9 Å². The molecular formula is C14H10FIN2OS. The van der Waals surface area contributed by atoms with E-state index in [0.29, 0.717) is 9.26 Å². The quantitative estimate of drug-likeness (QED) is 0.687. The van der Waals surface area contributed by atoms with Crippen LogP contribution in [0.3, 0.4) is 0 Å². The molecule has 1 aromatic carbocycles. The Morgan fingerprint density at radius 2 is 2.30 bits per heavy atom. The normalized spacial score (nSPS) is 20.0. The fourth-order valence-electron chi connectivity index (χ4n) is 2.93. The summed E-state index contributed by atoms with van der Waals surface area (Å²) in [6, 6.07) is 4.91. The van der Waals surface area contributed by atoms with Crippen LogP contribution in [0.1, 0.15) is 16.5 Å². The third kappa shape index (κ3) is 1.70. The number of anilines is 2. The minimum Gasteiger partial charge on any atom is -0.354 e. The molecule has 1 aromatic heterocycles. The molecule has 0 saturated carbocycles. The summed E-state index contributed by atoms with van der Waals surface area (Å²) in [5.74, 6) is -0.269. The zero-order chi connectivity index (χ0) is 13.9. The number of carbonyl (C=O) groups excluding carboxylic acids is 1. The van der Waals surface area contributed by atoms with E-state index in [4.69, 9.17) is 0 Å². The summed E-state index contributed by atoms with van der Waals surface area (Å²) in [5.41, 5.74) is 2.54. The zero-order valence-electron chi connectivity index (χ0n) is 10.3. The molecule has 0 bridgehead atoms. The lowest BCUT2D eigenvalue weighted by molar-refractivity contribution is -0.117. The number of fused-ring (bicyclic) bond motifs is 5. The molecule has 1 atom stereocenters. The molecule has 0 radical (unpaired) electrons. The van der Waals surface area contributed by atoms with E-state index in [9.17, 15) is 9.18 Å². The molecule has 3 nitrogen and oxygen atoms in total. The summed E-state index contributed by atoms with van der Waals surface area (Å²) in [6.45, 7) is 0.749. The van der Waals surface area contributed by atoms with Crippen molar-refractivity contribution < 1.29 is 9.18 Å². The predicted octanol–water partition coefficient (Wildman–Crippen LogP) is 3.55. The van der Waals surface area contributed by atoms with Crippen molar-refractivity contribution in [1.29, 1.82) is 0 Å².